The van der Waals surface area contributed by atoms with Gasteiger partial charge in [-0.15, -0.1) is 0 Å². The van der Waals surface area contributed by atoms with Crippen molar-refractivity contribution in [2.45, 2.75) is 58.5 Å². The molecule has 0 amide bonds. The van der Waals surface area contributed by atoms with Crippen molar-refractivity contribution in [3.63, 3.8) is 0 Å². The second-order valence-electron chi connectivity index (χ2n) is 5.63. The minimum Gasteiger partial charge on any atom is -0.491 e. The van der Waals surface area contributed by atoms with Gasteiger partial charge in [-0.3, -0.25) is 4.79 Å². The number of rotatable bonds is 11. The molecule has 0 aliphatic heterocycles. The second kappa shape index (κ2) is 11.1. The molecule has 1 aromatic rings. The van der Waals surface area contributed by atoms with Crippen LogP contribution in [0.15, 0.2) is 24.3 Å². The van der Waals surface area contributed by atoms with E-state index in [-0.39, 0.29) is 19.2 Å². The SMILES string of the molecule is CCCCCCCC(=O)OCC(O)COc1ccc(C)cc1. The predicted octanol–water partition coefficient (Wildman–Crippen LogP) is 3.64. The van der Waals surface area contributed by atoms with E-state index in [2.05, 4.69) is 6.92 Å². The first-order valence-corrected chi connectivity index (χ1v) is 8.15. The van der Waals surface area contributed by atoms with E-state index in [4.69, 9.17) is 9.47 Å². The van der Waals surface area contributed by atoms with Gasteiger partial charge in [0, 0.05) is 6.42 Å². The fourth-order valence-corrected chi connectivity index (χ4v) is 2.01. The zero-order valence-corrected chi connectivity index (χ0v) is 13.7. The maximum absolute atomic E-state index is 11.5. The first-order valence-electron chi connectivity index (χ1n) is 8.15. The molecule has 1 rings (SSSR count). The molecule has 0 aromatic heterocycles. The molecule has 1 unspecified atom stereocenters. The van der Waals surface area contributed by atoms with Gasteiger partial charge >= 0.3 is 5.97 Å². The normalized spacial score (nSPS) is 12.0. The number of unbranched alkanes of at least 4 members (excludes halogenated alkanes) is 4. The molecular formula is C18H28O4. The number of carbonyl (C=O) groups is 1. The van der Waals surface area contributed by atoms with E-state index in [0.717, 1.165) is 24.8 Å². The van der Waals surface area contributed by atoms with E-state index in [9.17, 15) is 9.90 Å². The summed E-state index contributed by atoms with van der Waals surface area (Å²) in [6.45, 7) is 4.27. The highest BCUT2D eigenvalue weighted by atomic mass is 16.5. The number of carbonyl (C=O) groups excluding carboxylic acids is 1. The molecule has 0 spiro atoms. The highest BCUT2D eigenvalue weighted by molar-refractivity contribution is 5.69. The van der Waals surface area contributed by atoms with Gasteiger partial charge in [0.25, 0.3) is 0 Å². The van der Waals surface area contributed by atoms with Gasteiger partial charge in [0.2, 0.25) is 0 Å². The molecular weight excluding hydrogens is 280 g/mol. The molecule has 0 radical (unpaired) electrons. The van der Waals surface area contributed by atoms with Gasteiger partial charge < -0.3 is 14.6 Å². The summed E-state index contributed by atoms with van der Waals surface area (Å²) in [5, 5.41) is 9.75. The zero-order chi connectivity index (χ0) is 16.2. The van der Waals surface area contributed by atoms with E-state index >= 15 is 0 Å². The number of hydrogen-bond acceptors (Lipinski definition) is 4. The number of aliphatic hydroxyl groups is 1. The largest absolute Gasteiger partial charge is 0.491 e. The summed E-state index contributed by atoms with van der Waals surface area (Å²) in [7, 11) is 0. The lowest BCUT2D eigenvalue weighted by atomic mass is 10.1. The Morgan fingerprint density at radius 2 is 1.77 bits per heavy atom. The van der Waals surface area contributed by atoms with Crippen LogP contribution in [-0.4, -0.2) is 30.4 Å². The van der Waals surface area contributed by atoms with Crippen LogP contribution in [0.1, 0.15) is 51.0 Å². The molecule has 0 aliphatic carbocycles. The van der Waals surface area contributed by atoms with E-state index in [1.54, 1.807) is 0 Å². The highest BCUT2D eigenvalue weighted by Gasteiger charge is 2.09. The zero-order valence-electron chi connectivity index (χ0n) is 13.7. The molecule has 4 nitrogen and oxygen atoms in total. The molecule has 1 aromatic carbocycles. The van der Waals surface area contributed by atoms with Crippen LogP contribution in [0.25, 0.3) is 0 Å². The van der Waals surface area contributed by atoms with Crippen molar-refractivity contribution in [1.82, 2.24) is 0 Å². The van der Waals surface area contributed by atoms with Crippen LogP contribution in [0.5, 0.6) is 5.75 Å². The molecule has 0 fully saturated rings. The van der Waals surface area contributed by atoms with Gasteiger partial charge in [0.1, 0.15) is 25.1 Å². The number of esters is 1. The number of hydrogen-bond donors (Lipinski definition) is 1. The summed E-state index contributed by atoms with van der Waals surface area (Å²) in [6.07, 6.45) is 5.11. The van der Waals surface area contributed by atoms with Crippen LogP contribution in [-0.2, 0) is 9.53 Å². The fraction of sp³-hybridized carbons (Fsp3) is 0.611. The van der Waals surface area contributed by atoms with E-state index in [1.807, 2.05) is 31.2 Å². The summed E-state index contributed by atoms with van der Waals surface area (Å²) < 4.78 is 10.5. The third-order valence-corrected chi connectivity index (χ3v) is 3.38. The standard InChI is InChI=1S/C18H28O4/c1-3-4-5-6-7-8-18(20)22-14-16(19)13-21-17-11-9-15(2)10-12-17/h9-12,16,19H,3-8,13-14H2,1-2H3. The third kappa shape index (κ3) is 8.67. The van der Waals surface area contributed by atoms with Crippen LogP contribution < -0.4 is 4.74 Å². The summed E-state index contributed by atoms with van der Waals surface area (Å²) in [4.78, 5) is 11.5. The Balaban J connectivity index is 2.08. The Morgan fingerprint density at radius 1 is 1.09 bits per heavy atom. The molecule has 1 N–H and O–H groups in total. The molecule has 0 bridgehead atoms. The van der Waals surface area contributed by atoms with Gasteiger partial charge in [0.05, 0.1) is 0 Å². The van der Waals surface area contributed by atoms with Crippen LogP contribution in [0.4, 0.5) is 0 Å². The van der Waals surface area contributed by atoms with Crippen LogP contribution in [0, 0.1) is 6.92 Å². The number of aryl methyl sites for hydroxylation is 1. The topological polar surface area (TPSA) is 55.8 Å². The summed E-state index contributed by atoms with van der Waals surface area (Å²) in [5.41, 5.74) is 1.15. The van der Waals surface area contributed by atoms with Crippen molar-refractivity contribution < 1.29 is 19.4 Å². The minimum absolute atomic E-state index is 0.0142. The lowest BCUT2D eigenvalue weighted by Crippen LogP contribution is -2.25. The summed E-state index contributed by atoms with van der Waals surface area (Å²) >= 11 is 0. The molecule has 0 saturated carbocycles. The van der Waals surface area contributed by atoms with Crippen LogP contribution in [0.3, 0.4) is 0 Å². The Bertz CT molecular complexity index is 414. The average Bonchev–Trinajstić information content (AvgIpc) is 2.52. The Labute approximate surface area is 133 Å². The average molecular weight is 308 g/mol. The van der Waals surface area contributed by atoms with Gasteiger partial charge in [-0.05, 0) is 25.5 Å². The fourth-order valence-electron chi connectivity index (χ4n) is 2.01. The second-order valence-corrected chi connectivity index (χ2v) is 5.63. The summed E-state index contributed by atoms with van der Waals surface area (Å²) in [6, 6.07) is 7.59. The maximum atomic E-state index is 11.5. The minimum atomic E-state index is -0.801. The maximum Gasteiger partial charge on any atom is 0.305 e. The van der Waals surface area contributed by atoms with Gasteiger partial charge in [0.15, 0.2) is 0 Å². The van der Waals surface area contributed by atoms with Gasteiger partial charge in [-0.25, -0.2) is 0 Å². The molecule has 4 heteroatoms. The first-order chi connectivity index (χ1) is 10.6. The lowest BCUT2D eigenvalue weighted by molar-refractivity contribution is -0.147. The lowest BCUT2D eigenvalue weighted by Gasteiger charge is -2.13. The molecule has 124 valence electrons. The van der Waals surface area contributed by atoms with E-state index < -0.39 is 6.10 Å². The van der Waals surface area contributed by atoms with E-state index in [1.165, 1.54) is 12.8 Å². The van der Waals surface area contributed by atoms with Crippen molar-refractivity contribution in [3.05, 3.63) is 29.8 Å². The first kappa shape index (κ1) is 18.5. The van der Waals surface area contributed by atoms with Crippen molar-refractivity contribution in [3.8, 4) is 5.75 Å². The van der Waals surface area contributed by atoms with Crippen LogP contribution >= 0.6 is 0 Å². The predicted molar refractivity (Wildman–Crippen MR) is 87.0 cm³/mol. The molecule has 0 saturated heterocycles. The van der Waals surface area contributed by atoms with Gasteiger partial charge in [-0.1, -0.05) is 50.3 Å². The van der Waals surface area contributed by atoms with E-state index in [0.29, 0.717) is 12.2 Å². The molecule has 0 aliphatic rings. The van der Waals surface area contributed by atoms with Gasteiger partial charge in [-0.2, -0.15) is 0 Å². The van der Waals surface area contributed by atoms with Crippen molar-refractivity contribution in [2.24, 2.45) is 0 Å². The molecule has 1 atom stereocenters. The Morgan fingerprint density at radius 3 is 2.45 bits per heavy atom. The number of ether oxygens (including phenoxy) is 2. The third-order valence-electron chi connectivity index (χ3n) is 3.38. The van der Waals surface area contributed by atoms with Crippen molar-refractivity contribution >= 4 is 5.97 Å². The molecule has 22 heavy (non-hydrogen) atoms. The Hall–Kier alpha value is -1.55. The molecule has 0 heterocycles. The monoisotopic (exact) mass is 308 g/mol. The van der Waals surface area contributed by atoms with Crippen LogP contribution in [0.2, 0.25) is 0 Å². The highest BCUT2D eigenvalue weighted by Crippen LogP contribution is 2.11. The number of benzene rings is 1. The Kier molecular flexibility index (Phi) is 9.31. The summed E-state index contributed by atoms with van der Waals surface area (Å²) in [5.74, 6) is 0.456. The smallest absolute Gasteiger partial charge is 0.305 e. The van der Waals surface area contributed by atoms with Crippen molar-refractivity contribution in [2.75, 3.05) is 13.2 Å². The number of aliphatic hydroxyl groups excluding tert-OH is 1. The van der Waals surface area contributed by atoms with Crippen molar-refractivity contribution in [1.29, 1.82) is 0 Å². The quantitative estimate of drug-likeness (QED) is 0.501.